The van der Waals surface area contributed by atoms with Crippen molar-refractivity contribution in [2.24, 2.45) is 0 Å². The van der Waals surface area contributed by atoms with Crippen LogP contribution < -0.4 is 10.6 Å². The zero-order valence-electron chi connectivity index (χ0n) is 21.3. The maximum Gasteiger partial charge on any atom is 0.436 e. The van der Waals surface area contributed by atoms with Crippen LogP contribution in [0, 0.1) is 13.8 Å². The Kier molecular flexibility index (Phi) is 7.72. The fourth-order valence-corrected chi connectivity index (χ4v) is 4.04. The summed E-state index contributed by atoms with van der Waals surface area (Å²) in [7, 11) is 0. The summed E-state index contributed by atoms with van der Waals surface area (Å²) in [6.45, 7) is 6.97. The number of hydrogen-bond donors (Lipinski definition) is 2. The first-order chi connectivity index (χ1) is 18.3. The SMILES string of the molecule is Cc1cc(C)c(NC(=O)c2cc(Cn3ncc(C(F)(F)F)n3)nn2-c2ncccc2Cl)c(C(=O)NC(C)C)c1. The van der Waals surface area contributed by atoms with Gasteiger partial charge in [-0.15, -0.1) is 5.10 Å². The largest absolute Gasteiger partial charge is 0.436 e. The first-order valence-electron chi connectivity index (χ1n) is 11.7. The second-order valence-corrected chi connectivity index (χ2v) is 9.49. The van der Waals surface area contributed by atoms with Gasteiger partial charge in [-0.1, -0.05) is 17.7 Å². The molecule has 0 radical (unpaired) electrons. The number of carbonyl (C=O) groups excluding carboxylic acids is 2. The van der Waals surface area contributed by atoms with Crippen LogP contribution in [0.1, 0.15) is 57.2 Å². The van der Waals surface area contributed by atoms with E-state index in [-0.39, 0.29) is 46.3 Å². The molecule has 2 N–H and O–H groups in total. The van der Waals surface area contributed by atoms with E-state index < -0.39 is 17.8 Å². The smallest absolute Gasteiger partial charge is 0.350 e. The Morgan fingerprint density at radius 3 is 2.49 bits per heavy atom. The molecule has 0 unspecified atom stereocenters. The lowest BCUT2D eigenvalue weighted by molar-refractivity contribution is -0.141. The number of nitrogens with one attached hydrogen (secondary N) is 2. The van der Waals surface area contributed by atoms with Crippen molar-refractivity contribution >= 4 is 29.1 Å². The summed E-state index contributed by atoms with van der Waals surface area (Å²) in [6.07, 6.45) is -2.60. The fraction of sp³-hybridized carbons (Fsp3) is 0.280. The maximum atomic E-state index is 13.6. The van der Waals surface area contributed by atoms with Crippen LogP contribution in [0.4, 0.5) is 18.9 Å². The average molecular weight is 561 g/mol. The highest BCUT2D eigenvalue weighted by Crippen LogP contribution is 2.27. The molecule has 0 saturated carbocycles. The maximum absolute atomic E-state index is 13.6. The number of halogens is 4. The minimum atomic E-state index is -4.66. The number of alkyl halides is 3. The number of aromatic nitrogens is 6. The zero-order chi connectivity index (χ0) is 28.5. The number of pyridine rings is 1. The van der Waals surface area contributed by atoms with Gasteiger partial charge in [0.1, 0.15) is 12.2 Å². The molecule has 0 fully saturated rings. The minimum absolute atomic E-state index is 0.0241. The lowest BCUT2D eigenvalue weighted by Crippen LogP contribution is -2.31. The Morgan fingerprint density at radius 1 is 1.10 bits per heavy atom. The van der Waals surface area contributed by atoms with E-state index in [1.165, 1.54) is 16.9 Å². The summed E-state index contributed by atoms with van der Waals surface area (Å²) in [6, 6.07) is 7.87. The van der Waals surface area contributed by atoms with Gasteiger partial charge in [-0.05, 0) is 63.1 Å². The molecule has 3 aromatic heterocycles. The van der Waals surface area contributed by atoms with Gasteiger partial charge in [-0.25, -0.2) is 9.67 Å². The van der Waals surface area contributed by atoms with Crippen LogP contribution in [0.25, 0.3) is 5.82 Å². The lowest BCUT2D eigenvalue weighted by atomic mass is 10.0. The van der Waals surface area contributed by atoms with Crippen molar-refractivity contribution in [2.75, 3.05) is 5.32 Å². The van der Waals surface area contributed by atoms with Crippen molar-refractivity contribution in [3.63, 3.8) is 0 Å². The van der Waals surface area contributed by atoms with Crippen LogP contribution in [0.15, 0.2) is 42.7 Å². The molecule has 1 aromatic carbocycles. The third-order valence-corrected chi connectivity index (χ3v) is 5.74. The van der Waals surface area contributed by atoms with Gasteiger partial charge in [-0.3, -0.25) is 9.59 Å². The molecule has 0 aliphatic heterocycles. The second kappa shape index (κ2) is 10.8. The first kappa shape index (κ1) is 27.8. The Morgan fingerprint density at radius 2 is 1.85 bits per heavy atom. The highest BCUT2D eigenvalue weighted by molar-refractivity contribution is 6.32. The number of nitrogens with zero attached hydrogens (tertiary/aromatic N) is 6. The van der Waals surface area contributed by atoms with E-state index in [9.17, 15) is 22.8 Å². The van der Waals surface area contributed by atoms with E-state index in [0.717, 1.165) is 10.4 Å². The van der Waals surface area contributed by atoms with Crippen molar-refractivity contribution in [3.05, 3.63) is 81.5 Å². The number of aryl methyl sites for hydroxylation is 2. The van der Waals surface area contributed by atoms with E-state index in [0.29, 0.717) is 17.4 Å². The van der Waals surface area contributed by atoms with Gasteiger partial charge in [0, 0.05) is 12.2 Å². The lowest BCUT2D eigenvalue weighted by Gasteiger charge is -2.17. The monoisotopic (exact) mass is 560 g/mol. The van der Waals surface area contributed by atoms with E-state index >= 15 is 0 Å². The van der Waals surface area contributed by atoms with Crippen LogP contribution in [0.3, 0.4) is 0 Å². The highest BCUT2D eigenvalue weighted by Gasteiger charge is 2.34. The molecule has 2 amide bonds. The van der Waals surface area contributed by atoms with Gasteiger partial charge < -0.3 is 10.6 Å². The average Bonchev–Trinajstić information content (AvgIpc) is 3.48. The molecule has 4 aromatic rings. The van der Waals surface area contributed by atoms with E-state index in [2.05, 4.69) is 30.9 Å². The second-order valence-electron chi connectivity index (χ2n) is 9.09. The van der Waals surface area contributed by atoms with Crippen molar-refractivity contribution in [1.82, 2.24) is 35.1 Å². The molecule has 0 bridgehead atoms. The van der Waals surface area contributed by atoms with E-state index in [4.69, 9.17) is 11.6 Å². The number of hydrogen-bond acceptors (Lipinski definition) is 6. The van der Waals surface area contributed by atoms with Gasteiger partial charge in [0.05, 0.1) is 28.2 Å². The molecule has 0 aliphatic carbocycles. The molecule has 10 nitrogen and oxygen atoms in total. The van der Waals surface area contributed by atoms with E-state index in [1.54, 1.807) is 25.1 Å². The van der Waals surface area contributed by atoms with Gasteiger partial charge in [0.15, 0.2) is 11.5 Å². The molecule has 39 heavy (non-hydrogen) atoms. The summed E-state index contributed by atoms with van der Waals surface area (Å²) in [5.41, 5.74) is 1.05. The molecule has 204 valence electrons. The predicted octanol–water partition coefficient (Wildman–Crippen LogP) is 4.59. The van der Waals surface area contributed by atoms with Gasteiger partial charge in [0.25, 0.3) is 11.8 Å². The van der Waals surface area contributed by atoms with Gasteiger partial charge in [-0.2, -0.15) is 28.2 Å². The summed E-state index contributed by atoms with van der Waals surface area (Å²) in [4.78, 5) is 31.5. The van der Waals surface area contributed by atoms with Crippen LogP contribution in [0.2, 0.25) is 5.02 Å². The Balaban J connectivity index is 1.74. The summed E-state index contributed by atoms with van der Waals surface area (Å²) < 4.78 is 40.1. The molecule has 0 spiro atoms. The summed E-state index contributed by atoms with van der Waals surface area (Å²) in [5.74, 6) is -0.886. The van der Waals surface area contributed by atoms with Crippen molar-refractivity contribution < 1.29 is 22.8 Å². The van der Waals surface area contributed by atoms with Gasteiger partial charge >= 0.3 is 6.18 Å². The normalized spacial score (nSPS) is 11.6. The summed E-state index contributed by atoms with van der Waals surface area (Å²) in [5, 5.41) is 17.2. The highest BCUT2D eigenvalue weighted by atomic mass is 35.5. The number of rotatable bonds is 7. The third-order valence-electron chi connectivity index (χ3n) is 5.45. The molecule has 0 saturated heterocycles. The van der Waals surface area contributed by atoms with Crippen LogP contribution in [0.5, 0.6) is 0 Å². The number of benzene rings is 1. The molecule has 3 heterocycles. The molecule has 4 rings (SSSR count). The van der Waals surface area contributed by atoms with Gasteiger partial charge in [0.2, 0.25) is 0 Å². The fourth-order valence-electron chi connectivity index (χ4n) is 3.84. The Bertz CT molecular complexity index is 1540. The van der Waals surface area contributed by atoms with Crippen LogP contribution in [-0.4, -0.2) is 47.6 Å². The van der Waals surface area contributed by atoms with Crippen LogP contribution in [-0.2, 0) is 12.7 Å². The number of amides is 2. The molecule has 14 heteroatoms. The molecule has 0 atom stereocenters. The molecule has 0 aliphatic rings. The number of carbonyl (C=O) groups is 2. The molecular formula is C25H24ClF3N8O2. The van der Waals surface area contributed by atoms with Crippen molar-refractivity contribution in [3.8, 4) is 5.82 Å². The molecular weight excluding hydrogens is 537 g/mol. The topological polar surface area (TPSA) is 120 Å². The van der Waals surface area contributed by atoms with E-state index in [1.807, 2.05) is 26.8 Å². The quantitative estimate of drug-likeness (QED) is 0.341. The van der Waals surface area contributed by atoms with Crippen molar-refractivity contribution in [2.45, 2.75) is 46.5 Å². The third kappa shape index (κ3) is 6.25. The zero-order valence-corrected chi connectivity index (χ0v) is 22.1. The Hall–Kier alpha value is -4.26. The van der Waals surface area contributed by atoms with Crippen LogP contribution >= 0.6 is 11.6 Å². The first-order valence-corrected chi connectivity index (χ1v) is 12.1. The minimum Gasteiger partial charge on any atom is -0.350 e. The standard InChI is InChI=1S/C25H24ClF3N8O2/c1-13(2)32-23(38)17-9-14(3)8-15(4)21(17)33-24(39)19-10-16(12-36-31-11-20(35-36)25(27,28)29)34-37(19)22-18(26)6-5-7-30-22/h5-11,13H,12H2,1-4H3,(H,32,38)(H,33,39). The number of anilines is 1. The summed E-state index contributed by atoms with van der Waals surface area (Å²) >= 11 is 6.31. The predicted molar refractivity (Wildman–Crippen MR) is 137 cm³/mol. The van der Waals surface area contributed by atoms with Crippen molar-refractivity contribution in [1.29, 1.82) is 0 Å². The Labute approximate surface area is 226 Å².